The minimum Gasteiger partial charge on any atom is -0.311 e. The van der Waals surface area contributed by atoms with Crippen molar-refractivity contribution in [3.8, 4) is 23.5 Å². The normalized spacial score (nSPS) is 12.7. The first-order chi connectivity index (χ1) is 16.9. The van der Waals surface area contributed by atoms with Crippen LogP contribution in [-0.2, 0) is 12.5 Å². The van der Waals surface area contributed by atoms with E-state index < -0.39 is 5.41 Å². The van der Waals surface area contributed by atoms with Crippen LogP contribution >= 0.6 is 11.6 Å². The molecule has 0 fully saturated rings. The fraction of sp³-hybridized carbons (Fsp3) is 0.0968. The Morgan fingerprint density at radius 2 is 1.69 bits per heavy atom. The molecule has 1 atom stereocenters. The van der Waals surface area contributed by atoms with Crippen molar-refractivity contribution in [1.82, 2.24) is 9.55 Å². The quantitative estimate of drug-likeness (QED) is 0.275. The Labute approximate surface area is 209 Å². The molecule has 0 aliphatic heterocycles. The number of aryl methyl sites for hydroxylation is 1. The van der Waals surface area contributed by atoms with E-state index in [1.54, 1.807) is 23.9 Å². The summed E-state index contributed by atoms with van der Waals surface area (Å²) in [5.41, 5.74) is 6.05. The zero-order valence-electron chi connectivity index (χ0n) is 19.5. The number of pyridine rings is 2. The number of aromatic nitrogens is 2. The minimum absolute atomic E-state index is 0.0703. The molecule has 0 spiro atoms. The van der Waals surface area contributed by atoms with Gasteiger partial charge in [0.15, 0.2) is 0 Å². The van der Waals surface area contributed by atoms with E-state index in [2.05, 4.69) is 48.2 Å². The lowest BCUT2D eigenvalue weighted by molar-refractivity contribution is 0.689. The monoisotopic (exact) mass is 474 g/mol. The molecule has 170 valence electrons. The lowest BCUT2D eigenvalue weighted by Crippen LogP contribution is -2.26. The van der Waals surface area contributed by atoms with Gasteiger partial charge in [0.05, 0.1) is 5.52 Å². The van der Waals surface area contributed by atoms with Crippen molar-refractivity contribution in [2.45, 2.75) is 12.3 Å². The third-order valence-electron chi connectivity index (χ3n) is 6.82. The number of terminal acetylenes is 1. The molecule has 5 aromatic rings. The molecule has 35 heavy (non-hydrogen) atoms. The average Bonchev–Trinajstić information content (AvgIpc) is 2.91. The summed E-state index contributed by atoms with van der Waals surface area (Å²) >= 11 is 6.22. The van der Waals surface area contributed by atoms with Gasteiger partial charge in [0, 0.05) is 46.9 Å². The fourth-order valence-corrected chi connectivity index (χ4v) is 4.86. The molecule has 3 nitrogen and oxygen atoms in total. The number of rotatable bonds is 4. The maximum Gasteiger partial charge on any atom is 0.251 e. The number of nitrogens with zero attached hydrogens (tertiary/aromatic N) is 2. The summed E-state index contributed by atoms with van der Waals surface area (Å²) in [4.78, 5) is 17.2. The molecule has 0 bridgehead atoms. The van der Waals surface area contributed by atoms with Gasteiger partial charge in [-0.1, -0.05) is 53.9 Å². The van der Waals surface area contributed by atoms with E-state index in [0.717, 1.165) is 44.3 Å². The molecular weight excluding hydrogens is 452 g/mol. The third-order valence-corrected chi connectivity index (χ3v) is 7.08. The summed E-state index contributed by atoms with van der Waals surface area (Å²) in [5.74, 6) is 2.69. The van der Waals surface area contributed by atoms with Crippen molar-refractivity contribution in [2.24, 2.45) is 7.05 Å². The van der Waals surface area contributed by atoms with Gasteiger partial charge in [-0.25, -0.2) is 0 Å². The van der Waals surface area contributed by atoms with Gasteiger partial charge in [-0.2, -0.15) is 0 Å². The summed E-state index contributed by atoms with van der Waals surface area (Å²) in [7, 11) is 1.80. The van der Waals surface area contributed by atoms with Gasteiger partial charge in [0.25, 0.3) is 5.56 Å². The Kier molecular flexibility index (Phi) is 5.76. The second-order valence-corrected chi connectivity index (χ2v) is 9.22. The number of benzene rings is 3. The highest BCUT2D eigenvalue weighted by atomic mass is 35.5. The minimum atomic E-state index is -0.500. The van der Waals surface area contributed by atoms with Crippen LogP contribution in [0.4, 0.5) is 0 Å². The van der Waals surface area contributed by atoms with Crippen LogP contribution < -0.4 is 5.56 Å². The standard InChI is InChI=1S/C31H23ClN2O/c1-4-21-7-5-8-22(17-21)27-19-30(35)34(3)29-15-12-24(18-28(27)29)31(2,25-9-6-16-33-20-25)23-10-13-26(32)14-11-23/h1,5-20H,2-3H3/t31-/m0/s1. The van der Waals surface area contributed by atoms with Gasteiger partial charge in [0.2, 0.25) is 0 Å². The first-order valence-corrected chi connectivity index (χ1v) is 11.7. The molecule has 0 aliphatic carbocycles. The van der Waals surface area contributed by atoms with Gasteiger partial charge in [-0.3, -0.25) is 9.78 Å². The highest BCUT2D eigenvalue weighted by Crippen LogP contribution is 2.41. The molecule has 0 saturated carbocycles. The van der Waals surface area contributed by atoms with Gasteiger partial charge >= 0.3 is 0 Å². The molecule has 2 aromatic heterocycles. The largest absolute Gasteiger partial charge is 0.311 e. The molecule has 0 amide bonds. The summed E-state index contributed by atoms with van der Waals surface area (Å²) in [6.07, 6.45) is 9.33. The molecule has 0 saturated heterocycles. The van der Waals surface area contributed by atoms with Crippen LogP contribution in [0.1, 0.15) is 29.2 Å². The lowest BCUT2D eigenvalue weighted by atomic mass is 9.71. The summed E-state index contributed by atoms with van der Waals surface area (Å²) < 4.78 is 1.68. The Hall–Kier alpha value is -4.13. The molecular formula is C31H23ClN2O. The van der Waals surface area contributed by atoms with Crippen molar-refractivity contribution in [2.75, 3.05) is 0 Å². The Bertz CT molecular complexity index is 1650. The van der Waals surface area contributed by atoms with E-state index in [0.29, 0.717) is 5.02 Å². The molecule has 0 N–H and O–H groups in total. The predicted octanol–water partition coefficient (Wildman–Crippen LogP) is 6.59. The molecule has 0 unspecified atom stereocenters. The van der Waals surface area contributed by atoms with E-state index in [9.17, 15) is 4.79 Å². The van der Waals surface area contributed by atoms with Crippen molar-refractivity contribution < 1.29 is 0 Å². The Morgan fingerprint density at radius 1 is 0.914 bits per heavy atom. The lowest BCUT2D eigenvalue weighted by Gasteiger charge is -2.32. The Morgan fingerprint density at radius 3 is 2.40 bits per heavy atom. The molecule has 0 aliphatic rings. The summed E-state index contributed by atoms with van der Waals surface area (Å²) in [6.45, 7) is 2.19. The van der Waals surface area contributed by atoms with Gasteiger partial charge in [-0.15, -0.1) is 6.42 Å². The highest BCUT2D eigenvalue weighted by Gasteiger charge is 2.32. The summed E-state index contributed by atoms with van der Waals surface area (Å²) in [6, 6.07) is 27.7. The van der Waals surface area contributed by atoms with Crippen molar-refractivity contribution >= 4 is 22.5 Å². The van der Waals surface area contributed by atoms with Gasteiger partial charge < -0.3 is 4.57 Å². The van der Waals surface area contributed by atoms with E-state index in [-0.39, 0.29) is 5.56 Å². The maximum atomic E-state index is 12.8. The molecule has 4 heteroatoms. The van der Waals surface area contributed by atoms with E-state index in [1.807, 2.05) is 54.7 Å². The number of hydrogen-bond donors (Lipinski definition) is 0. The predicted molar refractivity (Wildman–Crippen MR) is 144 cm³/mol. The molecule has 0 radical (unpaired) electrons. The molecule has 5 rings (SSSR count). The van der Waals surface area contributed by atoms with Crippen molar-refractivity contribution in [1.29, 1.82) is 0 Å². The number of hydrogen-bond acceptors (Lipinski definition) is 2. The summed E-state index contributed by atoms with van der Waals surface area (Å²) in [5, 5.41) is 1.66. The SMILES string of the molecule is C#Cc1cccc(-c2cc(=O)n(C)c3ccc([C@](C)(c4ccc(Cl)cc4)c4cccnc4)cc23)c1. The zero-order valence-corrected chi connectivity index (χ0v) is 20.3. The first-order valence-electron chi connectivity index (χ1n) is 11.3. The average molecular weight is 475 g/mol. The number of halogens is 1. The van der Waals surface area contributed by atoms with Crippen LogP contribution in [0.25, 0.3) is 22.0 Å². The topological polar surface area (TPSA) is 34.9 Å². The zero-order chi connectivity index (χ0) is 24.6. The third kappa shape index (κ3) is 3.93. The Balaban J connectivity index is 1.83. The van der Waals surface area contributed by atoms with Crippen LogP contribution in [0.15, 0.2) is 102 Å². The second-order valence-electron chi connectivity index (χ2n) is 8.79. The first kappa shape index (κ1) is 22.7. The van der Waals surface area contributed by atoms with Crippen LogP contribution in [0, 0.1) is 12.3 Å². The highest BCUT2D eigenvalue weighted by molar-refractivity contribution is 6.30. The van der Waals surface area contributed by atoms with Gasteiger partial charge in [0.1, 0.15) is 0 Å². The number of fused-ring (bicyclic) bond motifs is 1. The van der Waals surface area contributed by atoms with Crippen LogP contribution in [0.5, 0.6) is 0 Å². The van der Waals surface area contributed by atoms with E-state index in [1.165, 1.54) is 0 Å². The van der Waals surface area contributed by atoms with Crippen LogP contribution in [-0.4, -0.2) is 9.55 Å². The van der Waals surface area contributed by atoms with Crippen LogP contribution in [0.2, 0.25) is 5.02 Å². The van der Waals surface area contributed by atoms with Crippen molar-refractivity contribution in [3.05, 3.63) is 135 Å². The second kappa shape index (κ2) is 8.91. The van der Waals surface area contributed by atoms with Gasteiger partial charge in [-0.05, 0) is 77.2 Å². The molecule has 3 aromatic carbocycles. The maximum absolute atomic E-state index is 12.8. The van der Waals surface area contributed by atoms with Crippen LogP contribution in [0.3, 0.4) is 0 Å². The van der Waals surface area contributed by atoms with E-state index >= 15 is 0 Å². The molecule has 2 heterocycles. The van der Waals surface area contributed by atoms with E-state index in [4.69, 9.17) is 18.0 Å². The smallest absolute Gasteiger partial charge is 0.251 e. The van der Waals surface area contributed by atoms with Crippen molar-refractivity contribution in [3.63, 3.8) is 0 Å². The fourth-order valence-electron chi connectivity index (χ4n) is 4.73.